The molecule has 1 unspecified atom stereocenters. The lowest BCUT2D eigenvalue weighted by Gasteiger charge is -2.31. The summed E-state index contributed by atoms with van der Waals surface area (Å²) in [6, 6.07) is 19.8. The first kappa shape index (κ1) is 20.5. The van der Waals surface area contributed by atoms with E-state index in [1.54, 1.807) is 6.20 Å². The van der Waals surface area contributed by atoms with Gasteiger partial charge in [-0.2, -0.15) is 0 Å². The lowest BCUT2D eigenvalue weighted by atomic mass is 9.84. The van der Waals surface area contributed by atoms with E-state index < -0.39 is 5.54 Å². The smallest absolute Gasteiger partial charge is 0.257 e. The van der Waals surface area contributed by atoms with Crippen molar-refractivity contribution in [2.75, 3.05) is 18.2 Å². The first-order chi connectivity index (χ1) is 15.7. The molecular weight excluding hydrogens is 402 g/mol. The molecule has 3 heterocycles. The van der Waals surface area contributed by atoms with E-state index >= 15 is 0 Å². The topological polar surface area (TPSA) is 63.7 Å². The second kappa shape index (κ2) is 8.63. The Labute approximate surface area is 188 Å². The van der Waals surface area contributed by atoms with Crippen molar-refractivity contribution >= 4 is 11.7 Å². The fourth-order valence-corrected chi connectivity index (χ4v) is 4.56. The van der Waals surface area contributed by atoms with Crippen molar-refractivity contribution in [1.82, 2.24) is 10.3 Å². The van der Waals surface area contributed by atoms with Gasteiger partial charge in [0.25, 0.3) is 5.91 Å². The fraction of sp³-hybridized carbons (Fsp3) is 0.308. The van der Waals surface area contributed by atoms with Gasteiger partial charge in [0, 0.05) is 24.8 Å². The molecule has 32 heavy (non-hydrogen) atoms. The standard InChI is InChI=1S/C26H27N3O3/c1-2-3-7-15-29-24-21(11-8-14-27-24)26(25(29)30,28-17-19-9-5-4-6-10-19)20-12-13-22-23(16-20)32-18-31-22/h4-6,8-14,16,28H,2-3,7,15,17-18H2,1H3. The highest BCUT2D eigenvalue weighted by Crippen LogP contribution is 2.46. The summed E-state index contributed by atoms with van der Waals surface area (Å²) in [4.78, 5) is 20.6. The third-order valence-electron chi connectivity index (χ3n) is 6.20. The molecule has 1 N–H and O–H groups in total. The van der Waals surface area contributed by atoms with Crippen LogP contribution in [0.3, 0.4) is 0 Å². The van der Waals surface area contributed by atoms with Crippen LogP contribution in [0.5, 0.6) is 11.5 Å². The van der Waals surface area contributed by atoms with Gasteiger partial charge in [-0.05, 0) is 35.7 Å². The van der Waals surface area contributed by atoms with Crippen LogP contribution in [0.4, 0.5) is 5.82 Å². The predicted octanol–water partition coefficient (Wildman–Crippen LogP) is 4.38. The van der Waals surface area contributed by atoms with E-state index in [1.165, 1.54) is 0 Å². The summed E-state index contributed by atoms with van der Waals surface area (Å²) >= 11 is 0. The zero-order valence-electron chi connectivity index (χ0n) is 18.2. The zero-order valence-corrected chi connectivity index (χ0v) is 18.2. The molecule has 6 nitrogen and oxygen atoms in total. The molecule has 2 aliphatic rings. The maximum Gasteiger partial charge on any atom is 0.257 e. The lowest BCUT2D eigenvalue weighted by molar-refractivity contribution is -0.123. The molecule has 0 spiro atoms. The van der Waals surface area contributed by atoms with Crippen LogP contribution < -0.4 is 19.7 Å². The van der Waals surface area contributed by atoms with Gasteiger partial charge in [0.2, 0.25) is 6.79 Å². The normalized spacial score (nSPS) is 18.8. The quantitative estimate of drug-likeness (QED) is 0.539. The maximum atomic E-state index is 14.2. The number of benzene rings is 2. The molecule has 0 saturated heterocycles. The van der Waals surface area contributed by atoms with Crippen LogP contribution in [0.15, 0.2) is 66.9 Å². The second-order valence-corrected chi connectivity index (χ2v) is 8.20. The minimum atomic E-state index is -1.05. The first-order valence-electron chi connectivity index (χ1n) is 11.2. The molecule has 1 amide bonds. The average molecular weight is 430 g/mol. The number of pyridine rings is 1. The number of aromatic nitrogens is 1. The molecule has 0 bridgehead atoms. The summed E-state index contributed by atoms with van der Waals surface area (Å²) in [7, 11) is 0. The van der Waals surface area contributed by atoms with Gasteiger partial charge >= 0.3 is 0 Å². The van der Waals surface area contributed by atoms with Crippen molar-refractivity contribution < 1.29 is 14.3 Å². The minimum absolute atomic E-state index is 0.00269. The zero-order chi connectivity index (χ0) is 22.0. The van der Waals surface area contributed by atoms with E-state index in [9.17, 15) is 4.79 Å². The van der Waals surface area contributed by atoms with Crippen LogP contribution in [0, 0.1) is 0 Å². The molecule has 6 heteroatoms. The molecule has 5 rings (SSSR count). The van der Waals surface area contributed by atoms with Crippen LogP contribution in [-0.4, -0.2) is 24.2 Å². The Kier molecular flexibility index (Phi) is 5.53. The highest BCUT2D eigenvalue weighted by atomic mass is 16.7. The Morgan fingerprint density at radius 3 is 2.72 bits per heavy atom. The largest absolute Gasteiger partial charge is 0.454 e. The van der Waals surface area contributed by atoms with Crippen LogP contribution in [0.2, 0.25) is 0 Å². The van der Waals surface area contributed by atoms with Crippen molar-refractivity contribution in [3.8, 4) is 11.5 Å². The summed E-state index contributed by atoms with van der Waals surface area (Å²) in [6.45, 7) is 3.54. The number of carbonyl (C=O) groups is 1. The number of ether oxygens (including phenoxy) is 2. The van der Waals surface area contributed by atoms with Crippen LogP contribution >= 0.6 is 0 Å². The number of hydrogen-bond donors (Lipinski definition) is 1. The Morgan fingerprint density at radius 2 is 1.88 bits per heavy atom. The van der Waals surface area contributed by atoms with E-state index in [1.807, 2.05) is 53.4 Å². The van der Waals surface area contributed by atoms with Crippen molar-refractivity contribution in [2.24, 2.45) is 0 Å². The van der Waals surface area contributed by atoms with Gasteiger partial charge in [0.05, 0.1) is 0 Å². The maximum absolute atomic E-state index is 14.2. The second-order valence-electron chi connectivity index (χ2n) is 8.20. The molecule has 0 fully saturated rings. The lowest BCUT2D eigenvalue weighted by Crippen LogP contribution is -2.51. The number of carbonyl (C=O) groups excluding carboxylic acids is 1. The number of rotatable bonds is 8. The average Bonchev–Trinajstić information content (AvgIpc) is 3.40. The molecule has 2 aliphatic heterocycles. The molecule has 1 aromatic heterocycles. The molecule has 2 aromatic carbocycles. The molecule has 1 atom stereocenters. The van der Waals surface area contributed by atoms with Crippen LogP contribution in [-0.2, 0) is 16.9 Å². The highest BCUT2D eigenvalue weighted by molar-refractivity contribution is 6.09. The van der Waals surface area contributed by atoms with E-state index in [2.05, 4.69) is 29.4 Å². The summed E-state index contributed by atoms with van der Waals surface area (Å²) in [5.74, 6) is 2.08. The molecule has 0 saturated carbocycles. The van der Waals surface area contributed by atoms with Crippen molar-refractivity contribution in [1.29, 1.82) is 0 Å². The Morgan fingerprint density at radius 1 is 1.03 bits per heavy atom. The van der Waals surface area contributed by atoms with Gasteiger partial charge in [0.1, 0.15) is 5.82 Å². The van der Waals surface area contributed by atoms with E-state index in [-0.39, 0.29) is 12.7 Å². The number of anilines is 1. The number of amides is 1. The predicted molar refractivity (Wildman–Crippen MR) is 123 cm³/mol. The number of hydrogen-bond acceptors (Lipinski definition) is 5. The first-order valence-corrected chi connectivity index (χ1v) is 11.2. The highest BCUT2D eigenvalue weighted by Gasteiger charge is 2.53. The summed E-state index contributed by atoms with van der Waals surface area (Å²) < 4.78 is 11.2. The fourth-order valence-electron chi connectivity index (χ4n) is 4.56. The third kappa shape index (κ3) is 3.41. The Bertz CT molecular complexity index is 1120. The van der Waals surface area contributed by atoms with Gasteiger partial charge in [-0.15, -0.1) is 0 Å². The number of nitrogens with zero attached hydrogens (tertiary/aromatic N) is 2. The third-order valence-corrected chi connectivity index (χ3v) is 6.20. The van der Waals surface area contributed by atoms with Crippen molar-refractivity contribution in [3.05, 3.63) is 83.6 Å². The molecular formula is C26H27N3O3. The van der Waals surface area contributed by atoms with Gasteiger partial charge in [-0.25, -0.2) is 4.98 Å². The SMILES string of the molecule is CCCCCN1C(=O)C(NCc2ccccc2)(c2ccc3c(c2)OCO3)c2cccnc21. The minimum Gasteiger partial charge on any atom is -0.454 e. The van der Waals surface area contributed by atoms with E-state index in [0.717, 1.165) is 41.8 Å². The van der Waals surface area contributed by atoms with Gasteiger partial charge in [-0.3, -0.25) is 15.0 Å². The van der Waals surface area contributed by atoms with Gasteiger partial charge < -0.3 is 9.47 Å². The molecule has 0 radical (unpaired) electrons. The monoisotopic (exact) mass is 429 g/mol. The van der Waals surface area contributed by atoms with E-state index in [4.69, 9.17) is 9.47 Å². The van der Waals surface area contributed by atoms with Crippen molar-refractivity contribution in [3.63, 3.8) is 0 Å². The number of unbranched alkanes of at least 4 members (excludes halogenated alkanes) is 2. The van der Waals surface area contributed by atoms with Gasteiger partial charge in [-0.1, -0.05) is 62.2 Å². The van der Waals surface area contributed by atoms with E-state index in [0.29, 0.717) is 24.6 Å². The number of fused-ring (bicyclic) bond motifs is 2. The van der Waals surface area contributed by atoms with Crippen LogP contribution in [0.25, 0.3) is 0 Å². The summed E-state index contributed by atoms with van der Waals surface area (Å²) in [5, 5.41) is 3.62. The summed E-state index contributed by atoms with van der Waals surface area (Å²) in [5.41, 5.74) is 1.76. The number of nitrogens with one attached hydrogen (secondary N) is 1. The Balaban J connectivity index is 1.61. The van der Waals surface area contributed by atoms with Gasteiger partial charge in [0.15, 0.2) is 17.0 Å². The molecule has 164 valence electrons. The molecule has 3 aromatic rings. The Hall–Kier alpha value is -3.38. The van der Waals surface area contributed by atoms with Crippen LogP contribution in [0.1, 0.15) is 42.9 Å². The summed E-state index contributed by atoms with van der Waals surface area (Å²) in [6.07, 6.45) is 4.86. The molecule has 0 aliphatic carbocycles. The van der Waals surface area contributed by atoms with Crippen molar-refractivity contribution in [2.45, 2.75) is 38.3 Å².